The molecule has 2 aromatic rings. The van der Waals surface area contributed by atoms with Gasteiger partial charge in [0.25, 0.3) is 0 Å². The molecule has 0 unspecified atom stereocenters. The molecule has 0 saturated carbocycles. The molecule has 2 amide bonds. The van der Waals surface area contributed by atoms with Gasteiger partial charge in [-0.3, -0.25) is 5.32 Å². The van der Waals surface area contributed by atoms with Gasteiger partial charge in [-0.2, -0.15) is 0 Å². The lowest BCUT2D eigenvalue weighted by molar-refractivity contribution is 0.217. The third kappa shape index (κ3) is 4.72. The average Bonchev–Trinajstić information content (AvgIpc) is 2.57. The van der Waals surface area contributed by atoms with Gasteiger partial charge in [0.15, 0.2) is 5.82 Å². The van der Waals surface area contributed by atoms with Crippen LogP contribution in [0.4, 0.5) is 10.6 Å². The van der Waals surface area contributed by atoms with Crippen LogP contribution in [0.5, 0.6) is 5.88 Å². The van der Waals surface area contributed by atoms with Gasteiger partial charge >= 0.3 is 6.03 Å². The van der Waals surface area contributed by atoms with Crippen molar-refractivity contribution in [2.45, 2.75) is 20.5 Å². The summed E-state index contributed by atoms with van der Waals surface area (Å²) in [6, 6.07) is 5.03. The average molecular weight is 369 g/mol. The minimum atomic E-state index is -0.217. The summed E-state index contributed by atoms with van der Waals surface area (Å²) in [4.78, 5) is 21.8. The first-order valence-electron chi connectivity index (χ1n) is 7.48. The number of aromatic nitrogens is 2. The Morgan fingerprint density at radius 1 is 1.17 bits per heavy atom. The number of hydrogen-bond acceptors (Lipinski definition) is 4. The van der Waals surface area contributed by atoms with Crippen LogP contribution in [0.1, 0.15) is 19.4 Å². The fourth-order valence-corrected chi connectivity index (χ4v) is 2.48. The van der Waals surface area contributed by atoms with Gasteiger partial charge in [-0.1, -0.05) is 29.3 Å². The van der Waals surface area contributed by atoms with E-state index in [2.05, 4.69) is 15.3 Å². The van der Waals surface area contributed by atoms with Crippen molar-refractivity contribution in [3.63, 3.8) is 0 Å². The molecule has 0 aliphatic heterocycles. The van der Waals surface area contributed by atoms with Crippen molar-refractivity contribution >= 4 is 35.1 Å². The summed E-state index contributed by atoms with van der Waals surface area (Å²) in [5, 5.41) is 3.73. The molecule has 0 fully saturated rings. The van der Waals surface area contributed by atoms with Crippen LogP contribution < -0.4 is 10.1 Å². The molecule has 0 bridgehead atoms. The number of ether oxygens (including phenoxy) is 1. The Labute approximate surface area is 150 Å². The number of hydrogen-bond donors (Lipinski definition) is 1. The highest BCUT2D eigenvalue weighted by atomic mass is 35.5. The van der Waals surface area contributed by atoms with Crippen LogP contribution in [0.2, 0.25) is 10.0 Å². The van der Waals surface area contributed by atoms with E-state index in [1.807, 2.05) is 13.8 Å². The van der Waals surface area contributed by atoms with E-state index in [9.17, 15) is 4.79 Å². The first-order valence-corrected chi connectivity index (χ1v) is 8.24. The summed E-state index contributed by atoms with van der Waals surface area (Å²) in [5.41, 5.74) is 0.682. The molecule has 2 rings (SSSR count). The molecule has 1 N–H and O–H groups in total. The van der Waals surface area contributed by atoms with E-state index in [-0.39, 0.29) is 12.6 Å². The van der Waals surface area contributed by atoms with Crippen LogP contribution in [0.25, 0.3) is 0 Å². The van der Waals surface area contributed by atoms with E-state index in [0.29, 0.717) is 40.4 Å². The second-order valence-corrected chi connectivity index (χ2v) is 5.65. The number of carbonyl (C=O) groups excluding carboxylic acids is 1. The molecule has 24 heavy (non-hydrogen) atoms. The summed E-state index contributed by atoms with van der Waals surface area (Å²) in [7, 11) is 0. The predicted octanol–water partition coefficient (Wildman–Crippen LogP) is 4.24. The van der Waals surface area contributed by atoms with Crippen molar-refractivity contribution < 1.29 is 9.53 Å². The summed E-state index contributed by atoms with van der Waals surface area (Å²) >= 11 is 12.2. The molecule has 0 saturated heterocycles. The third-order valence-electron chi connectivity index (χ3n) is 3.34. The second kappa shape index (κ2) is 8.70. The Bertz CT molecular complexity index is 671. The lowest BCUT2D eigenvalue weighted by atomic mass is 10.2. The summed E-state index contributed by atoms with van der Waals surface area (Å²) in [6.07, 6.45) is 2.87. The maximum absolute atomic E-state index is 11.9. The second-order valence-electron chi connectivity index (χ2n) is 4.83. The van der Waals surface area contributed by atoms with Gasteiger partial charge in [0.05, 0.1) is 12.4 Å². The molecule has 6 nitrogen and oxygen atoms in total. The SMILES string of the molecule is CCN(CC)C(=O)Nc1cnc(OCc2c(Cl)cccc2Cl)cn1. The van der Waals surface area contributed by atoms with Crippen molar-refractivity contribution in [3.8, 4) is 5.88 Å². The zero-order chi connectivity index (χ0) is 17.5. The Morgan fingerprint density at radius 2 is 1.83 bits per heavy atom. The highest BCUT2D eigenvalue weighted by Crippen LogP contribution is 2.25. The van der Waals surface area contributed by atoms with Crippen molar-refractivity contribution in [3.05, 3.63) is 46.2 Å². The molecule has 1 aromatic carbocycles. The molecule has 0 aliphatic carbocycles. The molecule has 0 aliphatic rings. The lowest BCUT2D eigenvalue weighted by Crippen LogP contribution is -2.34. The number of nitrogens with one attached hydrogen (secondary N) is 1. The third-order valence-corrected chi connectivity index (χ3v) is 4.05. The van der Waals surface area contributed by atoms with Crippen LogP contribution in [0.15, 0.2) is 30.6 Å². The monoisotopic (exact) mass is 368 g/mol. The number of anilines is 1. The standard InChI is InChI=1S/C16H18Cl2N4O2/c1-3-22(4-2)16(23)21-14-8-20-15(9-19-14)24-10-11-12(17)6-5-7-13(11)18/h5-9H,3-4,10H2,1-2H3,(H,19,21,23). The number of urea groups is 1. The van der Waals surface area contributed by atoms with Gasteiger partial charge in [-0.25, -0.2) is 14.8 Å². The molecule has 1 aromatic heterocycles. The maximum Gasteiger partial charge on any atom is 0.323 e. The molecule has 0 radical (unpaired) electrons. The molecular weight excluding hydrogens is 351 g/mol. The van der Waals surface area contributed by atoms with Gasteiger partial charge in [0.2, 0.25) is 5.88 Å². The van der Waals surface area contributed by atoms with Crippen molar-refractivity contribution in [2.75, 3.05) is 18.4 Å². The van der Waals surface area contributed by atoms with Crippen LogP contribution in [0, 0.1) is 0 Å². The molecule has 8 heteroatoms. The fourth-order valence-electron chi connectivity index (χ4n) is 1.97. The molecule has 0 spiro atoms. The number of amides is 2. The molecular formula is C16H18Cl2N4O2. The molecule has 0 atom stereocenters. The van der Waals surface area contributed by atoms with E-state index in [4.69, 9.17) is 27.9 Å². The Balaban J connectivity index is 1.96. The number of carbonyl (C=O) groups is 1. The Hall–Kier alpha value is -2.05. The zero-order valence-corrected chi connectivity index (χ0v) is 14.9. The number of rotatable bonds is 6. The zero-order valence-electron chi connectivity index (χ0n) is 13.4. The van der Waals surface area contributed by atoms with E-state index >= 15 is 0 Å². The normalized spacial score (nSPS) is 10.3. The van der Waals surface area contributed by atoms with Gasteiger partial charge in [-0.15, -0.1) is 0 Å². The topological polar surface area (TPSA) is 67.4 Å². The van der Waals surface area contributed by atoms with Crippen molar-refractivity contribution in [1.82, 2.24) is 14.9 Å². The smallest absolute Gasteiger partial charge is 0.323 e. The van der Waals surface area contributed by atoms with Gasteiger partial charge < -0.3 is 9.64 Å². The Morgan fingerprint density at radius 3 is 2.38 bits per heavy atom. The quantitative estimate of drug-likeness (QED) is 0.827. The largest absolute Gasteiger partial charge is 0.472 e. The maximum atomic E-state index is 11.9. The Kier molecular flexibility index (Phi) is 6.63. The van der Waals surface area contributed by atoms with Gasteiger partial charge in [-0.05, 0) is 26.0 Å². The van der Waals surface area contributed by atoms with Crippen molar-refractivity contribution in [1.29, 1.82) is 0 Å². The van der Waals surface area contributed by atoms with E-state index in [0.717, 1.165) is 0 Å². The van der Waals surface area contributed by atoms with E-state index in [1.54, 1.807) is 23.1 Å². The van der Waals surface area contributed by atoms with Gasteiger partial charge in [0.1, 0.15) is 6.61 Å². The minimum absolute atomic E-state index is 0.179. The van der Waals surface area contributed by atoms with E-state index in [1.165, 1.54) is 12.4 Å². The summed E-state index contributed by atoms with van der Waals surface area (Å²) < 4.78 is 5.54. The highest BCUT2D eigenvalue weighted by molar-refractivity contribution is 6.35. The molecule has 1 heterocycles. The number of nitrogens with zero attached hydrogens (tertiary/aromatic N) is 3. The van der Waals surface area contributed by atoms with Crippen LogP contribution in [0.3, 0.4) is 0 Å². The van der Waals surface area contributed by atoms with E-state index < -0.39 is 0 Å². The fraction of sp³-hybridized carbons (Fsp3) is 0.312. The first-order chi connectivity index (χ1) is 11.5. The summed E-state index contributed by atoms with van der Waals surface area (Å²) in [6.45, 7) is 5.24. The highest BCUT2D eigenvalue weighted by Gasteiger charge is 2.11. The number of benzene rings is 1. The predicted molar refractivity (Wildman–Crippen MR) is 94.8 cm³/mol. The van der Waals surface area contributed by atoms with Crippen molar-refractivity contribution in [2.24, 2.45) is 0 Å². The van der Waals surface area contributed by atoms with Crippen LogP contribution in [-0.2, 0) is 6.61 Å². The lowest BCUT2D eigenvalue weighted by Gasteiger charge is -2.18. The minimum Gasteiger partial charge on any atom is -0.472 e. The van der Waals surface area contributed by atoms with Crippen LogP contribution >= 0.6 is 23.2 Å². The number of halogens is 2. The van der Waals surface area contributed by atoms with Crippen LogP contribution in [-0.4, -0.2) is 34.0 Å². The van der Waals surface area contributed by atoms with Gasteiger partial charge in [0, 0.05) is 28.7 Å². The summed E-state index contributed by atoms with van der Waals surface area (Å²) in [5.74, 6) is 0.668. The first kappa shape index (κ1) is 18.3. The molecule has 128 valence electrons.